The largest absolute Gasteiger partial charge is 0.486 e. The maximum atomic E-state index is 12.7. The zero-order valence-electron chi connectivity index (χ0n) is 17.1. The molecule has 0 saturated carbocycles. The van der Waals surface area contributed by atoms with Gasteiger partial charge in [-0.2, -0.15) is 5.10 Å². The van der Waals surface area contributed by atoms with E-state index >= 15 is 0 Å². The van der Waals surface area contributed by atoms with Gasteiger partial charge in [0.15, 0.2) is 11.6 Å². The summed E-state index contributed by atoms with van der Waals surface area (Å²) < 4.78 is 7.46. The van der Waals surface area contributed by atoms with Gasteiger partial charge in [-0.3, -0.25) is 9.48 Å². The summed E-state index contributed by atoms with van der Waals surface area (Å²) in [6.45, 7) is 0.673. The van der Waals surface area contributed by atoms with Crippen LogP contribution in [0.15, 0.2) is 72.9 Å². The van der Waals surface area contributed by atoms with Gasteiger partial charge in [0.1, 0.15) is 6.61 Å². The highest BCUT2D eigenvalue weighted by atomic mass is 35.5. The quantitative estimate of drug-likeness (QED) is 0.276. The third kappa shape index (κ3) is 6.01. The molecule has 1 N–H and O–H groups in total. The number of benzene rings is 3. The molecule has 5 nitrogen and oxygen atoms in total. The van der Waals surface area contributed by atoms with Gasteiger partial charge >= 0.3 is 0 Å². The van der Waals surface area contributed by atoms with E-state index in [1.165, 1.54) is 0 Å². The zero-order chi connectivity index (χ0) is 23.4. The molecule has 0 fully saturated rings. The van der Waals surface area contributed by atoms with Crippen molar-refractivity contribution >= 4 is 58.1 Å². The van der Waals surface area contributed by atoms with Crippen LogP contribution in [0.4, 0.5) is 5.82 Å². The van der Waals surface area contributed by atoms with Crippen LogP contribution in [-0.4, -0.2) is 15.7 Å². The Balaban J connectivity index is 1.40. The number of nitrogens with one attached hydrogen (secondary N) is 1. The normalized spacial score (nSPS) is 10.8. The van der Waals surface area contributed by atoms with Crippen LogP contribution in [0.1, 0.15) is 21.5 Å². The van der Waals surface area contributed by atoms with E-state index in [0.29, 0.717) is 43.8 Å². The molecule has 3 aromatic carbocycles. The van der Waals surface area contributed by atoms with Crippen molar-refractivity contribution in [2.45, 2.75) is 13.2 Å². The maximum absolute atomic E-state index is 12.7. The summed E-state index contributed by atoms with van der Waals surface area (Å²) in [5, 5.41) is 8.92. The van der Waals surface area contributed by atoms with Crippen LogP contribution in [0.25, 0.3) is 0 Å². The van der Waals surface area contributed by atoms with Gasteiger partial charge in [-0.15, -0.1) is 0 Å². The van der Waals surface area contributed by atoms with E-state index in [-0.39, 0.29) is 12.5 Å². The molecule has 0 aliphatic heterocycles. The van der Waals surface area contributed by atoms with Crippen molar-refractivity contribution in [3.05, 3.63) is 110 Å². The molecule has 0 radical (unpaired) electrons. The van der Waals surface area contributed by atoms with Crippen molar-refractivity contribution in [3.63, 3.8) is 0 Å². The molecule has 0 saturated heterocycles. The number of aromatic nitrogens is 2. The molecule has 0 spiro atoms. The van der Waals surface area contributed by atoms with Gasteiger partial charge in [-0.1, -0.05) is 76.7 Å². The van der Waals surface area contributed by atoms with Crippen molar-refractivity contribution in [2.24, 2.45) is 0 Å². The average Bonchev–Trinajstić information content (AvgIpc) is 3.21. The lowest BCUT2D eigenvalue weighted by molar-refractivity contribution is 0.102. The van der Waals surface area contributed by atoms with Gasteiger partial charge in [0, 0.05) is 27.9 Å². The molecule has 0 bridgehead atoms. The number of halogens is 4. The summed E-state index contributed by atoms with van der Waals surface area (Å²) in [5.41, 5.74) is 2.17. The molecular formula is C24H17Cl4N3O2. The first-order valence-electron chi connectivity index (χ1n) is 9.83. The van der Waals surface area contributed by atoms with E-state index in [4.69, 9.17) is 51.1 Å². The van der Waals surface area contributed by atoms with E-state index in [9.17, 15) is 4.79 Å². The maximum Gasteiger partial charge on any atom is 0.256 e. The predicted molar refractivity (Wildman–Crippen MR) is 133 cm³/mol. The minimum absolute atomic E-state index is 0.175. The van der Waals surface area contributed by atoms with Gasteiger partial charge in [0.2, 0.25) is 0 Å². The Morgan fingerprint density at radius 1 is 0.909 bits per heavy atom. The summed E-state index contributed by atoms with van der Waals surface area (Å²) in [7, 11) is 0. The molecule has 1 heterocycles. The molecular weight excluding hydrogens is 504 g/mol. The molecule has 9 heteroatoms. The first kappa shape index (κ1) is 23.5. The van der Waals surface area contributed by atoms with Crippen LogP contribution < -0.4 is 10.1 Å². The Bertz CT molecular complexity index is 1280. The molecule has 0 aliphatic carbocycles. The standard InChI is InChI=1S/C24H17Cl4N3O2/c25-18-11-20(27)23(21(28)12-18)33-14-15-4-3-6-16(10-15)24(32)29-22-8-9-31(30-22)13-17-5-1-2-7-19(17)26/h1-12H,13-14H2,(H,29,30,32). The predicted octanol–water partition coefficient (Wildman–Crippen LogP) is 7.38. The summed E-state index contributed by atoms with van der Waals surface area (Å²) in [5.74, 6) is 0.484. The molecule has 0 unspecified atom stereocenters. The first-order valence-corrected chi connectivity index (χ1v) is 11.3. The topological polar surface area (TPSA) is 56.2 Å². The Labute approximate surface area is 210 Å². The fourth-order valence-electron chi connectivity index (χ4n) is 3.13. The van der Waals surface area contributed by atoms with E-state index in [1.54, 1.807) is 47.3 Å². The summed E-state index contributed by atoms with van der Waals surface area (Å²) in [6.07, 6.45) is 1.78. The van der Waals surface area contributed by atoms with Crippen LogP contribution in [0.2, 0.25) is 20.1 Å². The van der Waals surface area contributed by atoms with Gasteiger partial charge in [-0.25, -0.2) is 0 Å². The second-order valence-corrected chi connectivity index (χ2v) is 8.79. The van der Waals surface area contributed by atoms with Crippen molar-refractivity contribution in [2.75, 3.05) is 5.32 Å². The van der Waals surface area contributed by atoms with Gasteiger partial charge < -0.3 is 10.1 Å². The number of nitrogens with zero attached hydrogens (tertiary/aromatic N) is 2. The fraction of sp³-hybridized carbons (Fsp3) is 0.0833. The van der Waals surface area contributed by atoms with Gasteiger partial charge in [0.25, 0.3) is 5.91 Å². The summed E-state index contributed by atoms with van der Waals surface area (Å²) >= 11 is 24.5. The molecule has 0 aliphatic rings. The highest BCUT2D eigenvalue weighted by molar-refractivity contribution is 6.40. The van der Waals surface area contributed by atoms with Crippen molar-refractivity contribution in [3.8, 4) is 5.75 Å². The Morgan fingerprint density at radius 3 is 2.42 bits per heavy atom. The third-order valence-corrected chi connectivity index (χ3v) is 5.86. The lowest BCUT2D eigenvalue weighted by Gasteiger charge is -2.11. The number of amides is 1. The van der Waals surface area contributed by atoms with Crippen molar-refractivity contribution < 1.29 is 9.53 Å². The number of ether oxygens (including phenoxy) is 1. The molecule has 1 amide bonds. The lowest BCUT2D eigenvalue weighted by Crippen LogP contribution is -2.13. The van der Waals surface area contributed by atoms with E-state index < -0.39 is 0 Å². The Kier molecular flexibility index (Phi) is 7.46. The fourth-order valence-corrected chi connectivity index (χ4v) is 4.25. The van der Waals surface area contributed by atoms with Crippen LogP contribution in [0, 0.1) is 0 Å². The molecule has 4 aromatic rings. The van der Waals surface area contributed by atoms with Crippen molar-refractivity contribution in [1.82, 2.24) is 9.78 Å². The number of hydrogen-bond acceptors (Lipinski definition) is 3. The zero-order valence-corrected chi connectivity index (χ0v) is 20.1. The average molecular weight is 521 g/mol. The highest BCUT2D eigenvalue weighted by Gasteiger charge is 2.12. The SMILES string of the molecule is O=C(Nc1ccn(Cc2ccccc2Cl)n1)c1cccc(COc2c(Cl)cc(Cl)cc2Cl)c1. The van der Waals surface area contributed by atoms with Gasteiger partial charge in [-0.05, 0) is 41.5 Å². The Hall–Kier alpha value is -2.70. The van der Waals surface area contributed by atoms with Crippen LogP contribution >= 0.6 is 46.4 Å². The summed E-state index contributed by atoms with van der Waals surface area (Å²) in [6, 6.07) is 19.4. The third-order valence-electron chi connectivity index (χ3n) is 4.71. The van der Waals surface area contributed by atoms with Gasteiger partial charge in [0.05, 0.1) is 16.6 Å². The molecule has 33 heavy (non-hydrogen) atoms. The number of hydrogen-bond donors (Lipinski definition) is 1. The monoisotopic (exact) mass is 519 g/mol. The lowest BCUT2D eigenvalue weighted by atomic mass is 10.1. The van der Waals surface area contributed by atoms with Crippen molar-refractivity contribution in [1.29, 1.82) is 0 Å². The molecule has 0 atom stereocenters. The minimum atomic E-state index is -0.289. The first-order chi connectivity index (χ1) is 15.9. The number of carbonyl (C=O) groups excluding carboxylic acids is 1. The van der Waals surface area contributed by atoms with E-state index in [2.05, 4.69) is 10.4 Å². The Morgan fingerprint density at radius 2 is 1.67 bits per heavy atom. The van der Waals surface area contributed by atoms with Crippen LogP contribution in [0.3, 0.4) is 0 Å². The second kappa shape index (κ2) is 10.5. The number of anilines is 1. The minimum Gasteiger partial charge on any atom is -0.486 e. The smallest absolute Gasteiger partial charge is 0.256 e. The molecule has 4 rings (SSSR count). The van der Waals surface area contributed by atoms with E-state index in [0.717, 1.165) is 11.1 Å². The molecule has 1 aromatic heterocycles. The van der Waals surface area contributed by atoms with Crippen LogP contribution in [-0.2, 0) is 13.2 Å². The number of rotatable bonds is 7. The second-order valence-electron chi connectivity index (χ2n) is 7.13. The van der Waals surface area contributed by atoms with Crippen LogP contribution in [0.5, 0.6) is 5.75 Å². The highest BCUT2D eigenvalue weighted by Crippen LogP contribution is 2.36. The van der Waals surface area contributed by atoms with E-state index in [1.807, 2.05) is 30.3 Å². The number of carbonyl (C=O) groups is 1. The summed E-state index contributed by atoms with van der Waals surface area (Å²) in [4.78, 5) is 12.7. The molecule has 168 valence electrons.